The highest BCUT2D eigenvalue weighted by Crippen LogP contribution is 2.46. The van der Waals surface area contributed by atoms with Gasteiger partial charge in [-0.1, -0.05) is 201 Å². The number of hydrogen-bond donors (Lipinski definition) is 1. The number of imidazole rings is 1. The molecule has 0 bridgehead atoms. The fourth-order valence-electron chi connectivity index (χ4n) is 9.11. The zero-order chi connectivity index (χ0) is 64.0. The van der Waals surface area contributed by atoms with Crippen molar-refractivity contribution in [2.75, 3.05) is 0 Å². The van der Waals surface area contributed by atoms with Gasteiger partial charge in [-0.05, 0) is 126 Å². The number of rotatable bonds is 8. The Morgan fingerprint density at radius 2 is 1.01 bits per heavy atom. The van der Waals surface area contributed by atoms with Gasteiger partial charge in [0, 0.05) is 53.1 Å². The largest absolute Gasteiger partial charge is 0.507 e. The second-order valence-electron chi connectivity index (χ2n) is 18.8. The number of phenols is 1. The summed E-state index contributed by atoms with van der Waals surface area (Å²) in [6.45, 7) is -18.3. The summed E-state index contributed by atoms with van der Waals surface area (Å²) < 4.78 is 161. The lowest BCUT2D eigenvalue weighted by Crippen LogP contribution is -2.17. The molecule has 0 aliphatic rings. The molecule has 10 rings (SSSR count). The Morgan fingerprint density at radius 1 is 0.429 bits per heavy atom. The Labute approximate surface area is 439 Å². The Morgan fingerprint density at radius 3 is 1.67 bits per heavy atom. The molecule has 70 heavy (non-hydrogen) atoms. The van der Waals surface area contributed by atoms with E-state index in [0.29, 0.717) is 45.3 Å². The number of para-hydroxylation sites is 1. The van der Waals surface area contributed by atoms with Crippen molar-refractivity contribution in [2.45, 2.75) is 78.1 Å². The first-order valence-corrected chi connectivity index (χ1v) is 22.9. The zero-order valence-corrected chi connectivity index (χ0v) is 38.8. The first kappa shape index (κ1) is 29.3. The molecule has 10 aromatic rings. The maximum atomic E-state index is 13.2. The number of nitrogens with zero attached hydrogens (tertiary/aromatic N) is 3. The molecule has 1 N–H and O–H groups in total. The highest BCUT2D eigenvalue weighted by molar-refractivity contribution is 5.99. The van der Waals surface area contributed by atoms with Crippen LogP contribution in [-0.2, 0) is 16.2 Å². The molecule has 0 aliphatic heterocycles. The molecule has 0 spiro atoms. The minimum atomic E-state index is -4.16. The quantitative estimate of drug-likeness (QED) is 0.165. The molecule has 2 aromatic heterocycles. The first-order chi connectivity index (χ1) is 41.0. The van der Waals surface area contributed by atoms with Crippen LogP contribution in [0.5, 0.6) is 5.75 Å². The van der Waals surface area contributed by atoms with Gasteiger partial charge in [0.25, 0.3) is 0 Å². The van der Waals surface area contributed by atoms with Crippen molar-refractivity contribution in [3.63, 3.8) is 0 Å². The molecular weight excluding hydrogens is 851 g/mol. The van der Waals surface area contributed by atoms with Crippen LogP contribution in [0, 0.1) is 0 Å². The van der Waals surface area contributed by atoms with Gasteiger partial charge in [-0.25, -0.2) is 4.98 Å². The van der Waals surface area contributed by atoms with Gasteiger partial charge in [0.2, 0.25) is 0 Å². The molecule has 346 valence electrons. The monoisotopic (exact) mass is 930 g/mol. The van der Waals surface area contributed by atoms with Gasteiger partial charge >= 0.3 is 0 Å². The molecule has 0 saturated heterocycles. The molecule has 2 heterocycles. The van der Waals surface area contributed by atoms with Crippen LogP contribution in [0.15, 0.2) is 200 Å². The van der Waals surface area contributed by atoms with E-state index in [9.17, 15) is 5.11 Å². The predicted octanol–water partition coefficient (Wildman–Crippen LogP) is 17.7. The van der Waals surface area contributed by atoms with Gasteiger partial charge in [0.15, 0.2) is 0 Å². The van der Waals surface area contributed by atoms with Crippen LogP contribution in [-0.4, -0.2) is 19.6 Å². The van der Waals surface area contributed by atoms with E-state index in [1.54, 1.807) is 30.5 Å². The minimum Gasteiger partial charge on any atom is -0.507 e. The van der Waals surface area contributed by atoms with E-state index in [0.717, 1.165) is 45.0 Å². The van der Waals surface area contributed by atoms with Crippen molar-refractivity contribution in [3.8, 4) is 89.7 Å². The van der Waals surface area contributed by atoms with Crippen LogP contribution in [0.4, 0.5) is 0 Å². The molecule has 0 amide bonds. The second kappa shape index (κ2) is 17.9. The molecule has 0 saturated carbocycles. The number of phenolic OH excluding ortho intramolecular Hbond substituents is 1. The van der Waals surface area contributed by atoms with Crippen molar-refractivity contribution in [1.29, 1.82) is 0 Å². The third kappa shape index (κ3) is 8.98. The number of aromatic nitrogens is 3. The van der Waals surface area contributed by atoms with Crippen LogP contribution in [0.3, 0.4) is 0 Å². The Balaban J connectivity index is 1.40. The van der Waals surface area contributed by atoms with Gasteiger partial charge in [0.1, 0.15) is 11.6 Å². The molecule has 0 unspecified atom stereocenters. The molecule has 4 heteroatoms. The van der Waals surface area contributed by atoms with E-state index in [1.807, 2.05) is 158 Å². The maximum Gasteiger partial charge on any atom is 0.149 e. The van der Waals surface area contributed by atoms with Crippen molar-refractivity contribution >= 4 is 11.0 Å². The predicted molar refractivity (Wildman–Crippen MR) is 295 cm³/mol. The smallest absolute Gasteiger partial charge is 0.149 e. The Kier molecular flexibility index (Phi) is 7.49. The van der Waals surface area contributed by atoms with Crippen molar-refractivity contribution < 1.29 is 29.8 Å². The molecule has 8 aromatic carbocycles. The van der Waals surface area contributed by atoms with Crippen molar-refractivity contribution in [3.05, 3.63) is 217 Å². The van der Waals surface area contributed by atoms with E-state index >= 15 is 0 Å². The van der Waals surface area contributed by atoms with Gasteiger partial charge in [-0.15, -0.1) is 0 Å². The Hall–Kier alpha value is -7.82. The van der Waals surface area contributed by atoms with Crippen LogP contribution >= 0.6 is 0 Å². The van der Waals surface area contributed by atoms with E-state index in [-0.39, 0.29) is 16.4 Å². The average molecular weight is 930 g/mol. The number of fused-ring (bicyclic) bond motifs is 1. The lowest BCUT2D eigenvalue weighted by molar-refractivity contribution is 0.446. The minimum absolute atomic E-state index is 0.161. The summed E-state index contributed by atoms with van der Waals surface area (Å²) in [6, 6.07) is 58.0. The third-order valence-corrected chi connectivity index (χ3v) is 12.8. The fourth-order valence-corrected chi connectivity index (χ4v) is 9.11. The highest BCUT2D eigenvalue weighted by atomic mass is 16.3. The maximum absolute atomic E-state index is 13.2. The number of benzene rings is 8. The summed E-state index contributed by atoms with van der Waals surface area (Å²) in [5.41, 5.74) is -1.60. The standard InChI is InChI=1S/C66H61N3O/c1-64(2,3)52-31-28-45(29-32-52)47-30-33-59(55(39-47)46-24-17-12-18-25-46)69-60-27-19-26-54(61(60)68-63(69)56-41-53(65(4,5)6)42-57(62(56)70)66(7,8)9)50-36-49(44-22-15-11-16-23-44)37-51(38-50)58-40-48(34-35-67-58)43-20-13-10-14-21-43/h10-42,70H,1-9H3/i4D3,5D3,6D3,7D3,8D3,9D3. The lowest BCUT2D eigenvalue weighted by Gasteiger charge is -2.27. The molecule has 0 fully saturated rings. The van der Waals surface area contributed by atoms with Crippen molar-refractivity contribution in [1.82, 2.24) is 14.5 Å². The summed E-state index contributed by atoms with van der Waals surface area (Å²) in [4.78, 5) is 10.1. The summed E-state index contributed by atoms with van der Waals surface area (Å²) in [5.74, 6) is -1.79. The van der Waals surface area contributed by atoms with Gasteiger partial charge in [-0.3, -0.25) is 9.55 Å². The molecule has 0 radical (unpaired) electrons. The highest BCUT2D eigenvalue weighted by Gasteiger charge is 2.29. The SMILES string of the molecule is [2H]C([2H])([2H])C(c1cc(-c2nc3c(-c4cc(-c5ccccc5)cc(-c5cc(-c6ccccc6)ccn5)c4)cccc3n2-c2ccc(-c3ccc(C(C)(C)C)cc3)cc2-c2ccccc2)c(O)c(C(C([2H])([2H])[2H])(C([2H])([2H])[2H])C([2H])([2H])[2H])c1)(C([2H])([2H])[2H])C([2H])([2H])[2H]. The average Bonchev–Trinajstić information content (AvgIpc) is 0.811. The van der Waals surface area contributed by atoms with Crippen LogP contribution in [0.25, 0.3) is 95.0 Å². The fraction of sp³-hybridized carbons (Fsp3) is 0.182. The van der Waals surface area contributed by atoms with Gasteiger partial charge < -0.3 is 5.11 Å². The molecule has 0 aliphatic carbocycles. The number of aromatic hydroxyl groups is 1. The van der Waals surface area contributed by atoms with E-state index in [1.165, 1.54) is 4.57 Å². The van der Waals surface area contributed by atoms with Crippen LogP contribution in [0.1, 0.15) is 103 Å². The normalized spacial score (nSPS) is 17.0. The third-order valence-electron chi connectivity index (χ3n) is 12.8. The van der Waals surface area contributed by atoms with Crippen LogP contribution in [0.2, 0.25) is 0 Å². The lowest BCUT2D eigenvalue weighted by atomic mass is 9.79. The van der Waals surface area contributed by atoms with Crippen molar-refractivity contribution in [2.24, 2.45) is 0 Å². The van der Waals surface area contributed by atoms with Gasteiger partial charge in [0.05, 0.1) is 28.0 Å². The Bertz CT molecular complexity index is 4140. The summed E-state index contributed by atoms with van der Waals surface area (Å²) in [7, 11) is 0. The topological polar surface area (TPSA) is 50.9 Å². The van der Waals surface area contributed by atoms with Crippen LogP contribution < -0.4 is 0 Å². The van der Waals surface area contributed by atoms with Gasteiger partial charge in [-0.2, -0.15) is 0 Å². The molecule has 4 nitrogen and oxygen atoms in total. The summed E-state index contributed by atoms with van der Waals surface area (Å²) >= 11 is 0. The van der Waals surface area contributed by atoms with E-state index < -0.39 is 80.2 Å². The molecule has 0 atom stereocenters. The first-order valence-electron chi connectivity index (χ1n) is 31.9. The summed E-state index contributed by atoms with van der Waals surface area (Å²) in [6.07, 6.45) is 1.71. The zero-order valence-electron chi connectivity index (χ0n) is 56.8. The van der Waals surface area contributed by atoms with E-state index in [4.69, 9.17) is 34.6 Å². The molecular formula is C66H61N3O. The number of hydrogen-bond acceptors (Lipinski definition) is 3. The van der Waals surface area contributed by atoms with E-state index in [2.05, 4.69) is 20.8 Å². The summed E-state index contributed by atoms with van der Waals surface area (Å²) in [5, 5.41) is 13.2. The number of pyridine rings is 1. The second-order valence-corrected chi connectivity index (χ2v) is 18.8.